The lowest BCUT2D eigenvalue weighted by molar-refractivity contribution is -0.140. The minimum atomic E-state index is -0.0607. The molecule has 0 bridgehead atoms. The van der Waals surface area contributed by atoms with Crippen LogP contribution >= 0.6 is 0 Å². The molecule has 1 saturated heterocycles. The van der Waals surface area contributed by atoms with Gasteiger partial charge in [-0.2, -0.15) is 0 Å². The molecule has 1 aliphatic heterocycles. The molecule has 80 valence electrons. The number of amides is 2. The lowest BCUT2D eigenvalue weighted by atomic mass is 10.3. The van der Waals surface area contributed by atoms with Crippen LogP contribution in [0.4, 0.5) is 0 Å². The van der Waals surface area contributed by atoms with E-state index in [9.17, 15) is 9.59 Å². The van der Waals surface area contributed by atoms with Gasteiger partial charge in [0.25, 0.3) is 0 Å². The van der Waals surface area contributed by atoms with Crippen LogP contribution in [0.5, 0.6) is 0 Å². The molecule has 1 N–H and O–H groups in total. The highest BCUT2D eigenvalue weighted by molar-refractivity contribution is 5.92. The molecule has 0 aromatic heterocycles. The zero-order chi connectivity index (χ0) is 10.6. The molecule has 0 aliphatic carbocycles. The third kappa shape index (κ3) is 3.33. The molecule has 1 aliphatic rings. The van der Waals surface area contributed by atoms with E-state index in [0.29, 0.717) is 6.54 Å². The van der Waals surface area contributed by atoms with E-state index in [0.717, 1.165) is 13.0 Å². The summed E-state index contributed by atoms with van der Waals surface area (Å²) in [4.78, 5) is 26.0. The molecule has 0 spiro atoms. The smallest absolute Gasteiger partial charge is 0.242 e. The second-order valence-corrected chi connectivity index (χ2v) is 3.75. The minimum absolute atomic E-state index is 0.0170. The number of rotatable bonds is 4. The molecule has 1 heterocycles. The van der Waals surface area contributed by atoms with Gasteiger partial charge in [-0.25, -0.2) is 0 Å². The molecule has 0 saturated carbocycles. The molecule has 0 atom stereocenters. The fourth-order valence-electron chi connectivity index (χ4n) is 1.38. The van der Waals surface area contributed by atoms with Crippen molar-refractivity contribution in [3.05, 3.63) is 0 Å². The average Bonchev–Trinajstić information content (AvgIpc) is 2.10. The van der Waals surface area contributed by atoms with Gasteiger partial charge in [-0.3, -0.25) is 9.59 Å². The average molecular weight is 199 g/mol. The number of nitrogens with one attached hydrogen (secondary N) is 1. The summed E-state index contributed by atoms with van der Waals surface area (Å²) in [5, 5.41) is 2.52. The van der Waals surface area contributed by atoms with Crippen LogP contribution in [0.15, 0.2) is 0 Å². The maximum absolute atomic E-state index is 11.3. The third-order valence-corrected chi connectivity index (χ3v) is 2.16. The van der Waals surface area contributed by atoms with Crippen molar-refractivity contribution in [1.29, 1.82) is 0 Å². The molecule has 2 amide bonds. The Morgan fingerprint density at radius 2 is 2.14 bits per heavy atom. The highest BCUT2D eigenvalue weighted by Crippen LogP contribution is 1.97. The van der Waals surface area contributed by atoms with Gasteiger partial charge < -0.3 is 15.1 Å². The maximum Gasteiger partial charge on any atom is 0.242 e. The van der Waals surface area contributed by atoms with Crippen LogP contribution in [0.25, 0.3) is 0 Å². The van der Waals surface area contributed by atoms with E-state index in [1.54, 1.807) is 4.90 Å². The van der Waals surface area contributed by atoms with Crippen molar-refractivity contribution in [2.24, 2.45) is 0 Å². The monoisotopic (exact) mass is 199 g/mol. The topological polar surface area (TPSA) is 52.6 Å². The van der Waals surface area contributed by atoms with Crippen LogP contribution in [-0.2, 0) is 9.59 Å². The molecule has 0 unspecified atom stereocenters. The molecule has 1 rings (SSSR count). The Balaban J connectivity index is 2.27. The Morgan fingerprint density at radius 1 is 1.43 bits per heavy atom. The zero-order valence-electron chi connectivity index (χ0n) is 8.75. The fourth-order valence-corrected chi connectivity index (χ4v) is 1.38. The second kappa shape index (κ2) is 4.95. The third-order valence-electron chi connectivity index (χ3n) is 2.16. The van der Waals surface area contributed by atoms with Gasteiger partial charge in [0.05, 0.1) is 13.1 Å². The molecule has 5 nitrogen and oxygen atoms in total. The maximum atomic E-state index is 11.3. The lowest BCUT2D eigenvalue weighted by Gasteiger charge is -2.26. The van der Waals surface area contributed by atoms with Gasteiger partial charge in [0.1, 0.15) is 0 Å². The van der Waals surface area contributed by atoms with E-state index in [1.807, 2.05) is 14.1 Å². The summed E-state index contributed by atoms with van der Waals surface area (Å²) in [6.45, 7) is 1.98. The summed E-state index contributed by atoms with van der Waals surface area (Å²) < 4.78 is 0. The van der Waals surface area contributed by atoms with E-state index >= 15 is 0 Å². The predicted molar refractivity (Wildman–Crippen MR) is 52.8 cm³/mol. The number of hydrogen-bond acceptors (Lipinski definition) is 3. The summed E-state index contributed by atoms with van der Waals surface area (Å²) in [5.74, 6) is -0.0437. The van der Waals surface area contributed by atoms with Gasteiger partial charge in [0.2, 0.25) is 11.8 Å². The molecule has 0 radical (unpaired) electrons. The predicted octanol–water partition coefficient (Wildman–Crippen LogP) is -1.10. The zero-order valence-corrected chi connectivity index (χ0v) is 8.75. The second-order valence-electron chi connectivity index (χ2n) is 3.75. The summed E-state index contributed by atoms with van der Waals surface area (Å²) >= 11 is 0. The van der Waals surface area contributed by atoms with Crippen molar-refractivity contribution in [2.45, 2.75) is 6.42 Å². The number of nitrogens with zero attached hydrogens (tertiary/aromatic N) is 2. The minimum Gasteiger partial charge on any atom is -0.345 e. The van der Waals surface area contributed by atoms with Gasteiger partial charge in [0.15, 0.2) is 0 Å². The van der Waals surface area contributed by atoms with Crippen molar-refractivity contribution < 1.29 is 9.59 Å². The Bertz CT molecular complexity index is 228. The number of hydrogen-bond donors (Lipinski definition) is 1. The van der Waals surface area contributed by atoms with E-state index in [1.165, 1.54) is 0 Å². The van der Waals surface area contributed by atoms with Gasteiger partial charge in [-0.05, 0) is 27.1 Å². The first kappa shape index (κ1) is 11.0. The van der Waals surface area contributed by atoms with E-state index in [2.05, 4.69) is 10.2 Å². The molecule has 5 heteroatoms. The van der Waals surface area contributed by atoms with Crippen molar-refractivity contribution in [3.63, 3.8) is 0 Å². The van der Waals surface area contributed by atoms with Crippen LogP contribution in [0.3, 0.4) is 0 Å². The van der Waals surface area contributed by atoms with E-state index < -0.39 is 0 Å². The van der Waals surface area contributed by atoms with E-state index in [-0.39, 0.29) is 24.9 Å². The lowest BCUT2D eigenvalue weighted by Crippen LogP contribution is -2.51. The quantitative estimate of drug-likeness (QED) is 0.625. The normalized spacial score (nSPS) is 17.5. The SMILES string of the molecule is CN(C)CCCN1CC(=O)NCC1=O. The fraction of sp³-hybridized carbons (Fsp3) is 0.778. The van der Waals surface area contributed by atoms with Gasteiger partial charge >= 0.3 is 0 Å². The van der Waals surface area contributed by atoms with Gasteiger partial charge in [0, 0.05) is 6.54 Å². The molecule has 0 aromatic carbocycles. The summed E-state index contributed by atoms with van der Waals surface area (Å²) in [6, 6.07) is 0. The van der Waals surface area contributed by atoms with Crippen LogP contribution in [0.1, 0.15) is 6.42 Å². The van der Waals surface area contributed by atoms with Gasteiger partial charge in [-0.15, -0.1) is 0 Å². The number of carbonyl (C=O) groups excluding carboxylic acids is 2. The van der Waals surface area contributed by atoms with Crippen LogP contribution in [0.2, 0.25) is 0 Å². The molecular formula is C9H17N3O2. The number of carbonyl (C=O) groups is 2. The summed E-state index contributed by atoms with van der Waals surface area (Å²) in [6.07, 6.45) is 0.909. The van der Waals surface area contributed by atoms with Crippen LogP contribution in [0, 0.1) is 0 Å². The standard InChI is InChI=1S/C9H17N3O2/c1-11(2)4-3-5-12-7-8(13)10-6-9(12)14/h3-7H2,1-2H3,(H,10,13). The first-order valence-electron chi connectivity index (χ1n) is 4.79. The first-order valence-corrected chi connectivity index (χ1v) is 4.79. The Morgan fingerprint density at radius 3 is 2.79 bits per heavy atom. The summed E-state index contributed by atoms with van der Waals surface area (Å²) in [5.41, 5.74) is 0. The van der Waals surface area contributed by atoms with Crippen molar-refractivity contribution >= 4 is 11.8 Å². The number of piperazine rings is 1. The molecular weight excluding hydrogens is 182 g/mol. The molecule has 14 heavy (non-hydrogen) atoms. The Kier molecular flexibility index (Phi) is 3.88. The molecule has 1 fully saturated rings. The molecule has 0 aromatic rings. The van der Waals surface area contributed by atoms with Gasteiger partial charge in [-0.1, -0.05) is 0 Å². The highest BCUT2D eigenvalue weighted by atomic mass is 16.2. The Hall–Kier alpha value is -1.10. The highest BCUT2D eigenvalue weighted by Gasteiger charge is 2.21. The summed E-state index contributed by atoms with van der Waals surface area (Å²) in [7, 11) is 3.98. The first-order chi connectivity index (χ1) is 6.59. The van der Waals surface area contributed by atoms with Crippen molar-refractivity contribution in [1.82, 2.24) is 15.1 Å². The Labute approximate surface area is 84.0 Å². The van der Waals surface area contributed by atoms with Crippen molar-refractivity contribution in [2.75, 3.05) is 40.3 Å². The van der Waals surface area contributed by atoms with E-state index in [4.69, 9.17) is 0 Å². The van der Waals surface area contributed by atoms with Crippen LogP contribution in [-0.4, -0.2) is 61.9 Å². The largest absolute Gasteiger partial charge is 0.345 e. The van der Waals surface area contributed by atoms with Crippen LogP contribution < -0.4 is 5.32 Å². The van der Waals surface area contributed by atoms with Crippen molar-refractivity contribution in [3.8, 4) is 0 Å².